The second-order valence-electron chi connectivity index (χ2n) is 5.71. The zero-order chi connectivity index (χ0) is 13.3. The van der Waals surface area contributed by atoms with Gasteiger partial charge in [0.2, 0.25) is 0 Å². The van der Waals surface area contributed by atoms with E-state index in [1.54, 1.807) is 0 Å². The zero-order valence-corrected chi connectivity index (χ0v) is 13.7. The highest BCUT2D eigenvalue weighted by atomic mass is 28.4. The summed E-state index contributed by atoms with van der Waals surface area (Å²) >= 11 is 0. The second kappa shape index (κ2) is 9.12. The lowest BCUT2D eigenvalue weighted by Gasteiger charge is -2.29. The van der Waals surface area contributed by atoms with Crippen LogP contribution in [0, 0.1) is 11.8 Å². The largest absolute Gasteiger partial charge is 0.394 e. The van der Waals surface area contributed by atoms with E-state index in [1.165, 1.54) is 6.42 Å². The average molecular weight is 260 g/mol. The SMILES string of the molecule is CC[Si](CC)(OCCCC(C)C)OCC(C)C. The van der Waals surface area contributed by atoms with Gasteiger partial charge in [0.05, 0.1) is 0 Å². The van der Waals surface area contributed by atoms with Crippen LogP contribution in [0.3, 0.4) is 0 Å². The van der Waals surface area contributed by atoms with Gasteiger partial charge in [-0.15, -0.1) is 0 Å². The maximum Gasteiger partial charge on any atom is 0.337 e. The van der Waals surface area contributed by atoms with Gasteiger partial charge in [-0.3, -0.25) is 0 Å². The first-order chi connectivity index (χ1) is 7.95. The molecule has 0 heterocycles. The number of hydrogen-bond donors (Lipinski definition) is 0. The van der Waals surface area contributed by atoms with Gasteiger partial charge >= 0.3 is 8.56 Å². The van der Waals surface area contributed by atoms with Crippen molar-refractivity contribution in [3.63, 3.8) is 0 Å². The Balaban J connectivity index is 4.02. The zero-order valence-electron chi connectivity index (χ0n) is 12.7. The fourth-order valence-corrected chi connectivity index (χ4v) is 4.32. The highest BCUT2D eigenvalue weighted by molar-refractivity contribution is 6.67. The van der Waals surface area contributed by atoms with Crippen molar-refractivity contribution in [1.82, 2.24) is 0 Å². The van der Waals surface area contributed by atoms with Gasteiger partial charge in [0.1, 0.15) is 0 Å². The molecular weight excluding hydrogens is 228 g/mol. The van der Waals surface area contributed by atoms with Crippen LogP contribution in [0.2, 0.25) is 12.1 Å². The molecule has 0 unspecified atom stereocenters. The van der Waals surface area contributed by atoms with Crippen molar-refractivity contribution in [3.8, 4) is 0 Å². The van der Waals surface area contributed by atoms with Gasteiger partial charge in [-0.05, 0) is 36.8 Å². The van der Waals surface area contributed by atoms with Crippen LogP contribution >= 0.6 is 0 Å². The molecule has 0 radical (unpaired) electrons. The molecule has 17 heavy (non-hydrogen) atoms. The Bertz CT molecular complexity index is 177. The molecule has 0 atom stereocenters. The maximum atomic E-state index is 6.15. The highest BCUT2D eigenvalue weighted by Crippen LogP contribution is 2.20. The summed E-state index contributed by atoms with van der Waals surface area (Å²) in [5.41, 5.74) is 0. The molecule has 0 spiro atoms. The van der Waals surface area contributed by atoms with Crippen molar-refractivity contribution >= 4 is 8.56 Å². The predicted octanol–water partition coefficient (Wildman–Crippen LogP) is 4.59. The molecule has 0 aliphatic heterocycles. The van der Waals surface area contributed by atoms with Crippen molar-refractivity contribution in [3.05, 3.63) is 0 Å². The third-order valence-corrected chi connectivity index (χ3v) is 6.63. The molecule has 0 aromatic heterocycles. The summed E-state index contributed by atoms with van der Waals surface area (Å²) in [6, 6.07) is 2.13. The van der Waals surface area contributed by atoms with Crippen LogP contribution in [0.1, 0.15) is 54.4 Å². The van der Waals surface area contributed by atoms with Crippen LogP contribution in [0.15, 0.2) is 0 Å². The topological polar surface area (TPSA) is 18.5 Å². The van der Waals surface area contributed by atoms with E-state index in [2.05, 4.69) is 41.5 Å². The molecule has 104 valence electrons. The Kier molecular flexibility index (Phi) is 9.19. The van der Waals surface area contributed by atoms with Crippen LogP contribution in [-0.2, 0) is 8.85 Å². The molecule has 0 N–H and O–H groups in total. The minimum atomic E-state index is -1.88. The van der Waals surface area contributed by atoms with Gasteiger partial charge in [-0.1, -0.05) is 41.5 Å². The smallest absolute Gasteiger partial charge is 0.337 e. The van der Waals surface area contributed by atoms with Crippen LogP contribution in [-0.4, -0.2) is 21.8 Å². The van der Waals surface area contributed by atoms with Crippen molar-refractivity contribution in [2.75, 3.05) is 13.2 Å². The molecule has 0 saturated heterocycles. The molecule has 0 fully saturated rings. The Morgan fingerprint density at radius 3 is 1.88 bits per heavy atom. The Morgan fingerprint density at radius 2 is 1.47 bits per heavy atom. The first kappa shape index (κ1) is 17.1. The quantitative estimate of drug-likeness (QED) is 0.422. The van der Waals surface area contributed by atoms with Gasteiger partial charge < -0.3 is 8.85 Å². The summed E-state index contributed by atoms with van der Waals surface area (Å²) in [7, 11) is -1.88. The van der Waals surface area contributed by atoms with Crippen LogP contribution in [0.5, 0.6) is 0 Å². The predicted molar refractivity (Wildman–Crippen MR) is 77.5 cm³/mol. The molecule has 0 bridgehead atoms. The Hall–Kier alpha value is 0.137. The summed E-state index contributed by atoms with van der Waals surface area (Å²) in [5, 5.41) is 0. The van der Waals surface area contributed by atoms with E-state index in [1.807, 2.05) is 0 Å². The molecule has 0 aliphatic carbocycles. The van der Waals surface area contributed by atoms with Crippen molar-refractivity contribution in [2.45, 2.75) is 66.5 Å². The molecule has 0 aromatic carbocycles. The van der Waals surface area contributed by atoms with E-state index in [0.29, 0.717) is 5.92 Å². The molecule has 0 aliphatic rings. The van der Waals surface area contributed by atoms with Gasteiger partial charge in [0.25, 0.3) is 0 Å². The summed E-state index contributed by atoms with van der Waals surface area (Å²) in [4.78, 5) is 0. The summed E-state index contributed by atoms with van der Waals surface area (Å²) < 4.78 is 12.3. The van der Waals surface area contributed by atoms with E-state index >= 15 is 0 Å². The van der Waals surface area contributed by atoms with Crippen molar-refractivity contribution in [1.29, 1.82) is 0 Å². The van der Waals surface area contributed by atoms with E-state index < -0.39 is 8.56 Å². The summed E-state index contributed by atoms with van der Waals surface area (Å²) in [6.07, 6.45) is 2.42. The van der Waals surface area contributed by atoms with Crippen LogP contribution < -0.4 is 0 Å². The minimum Gasteiger partial charge on any atom is -0.394 e. The fraction of sp³-hybridized carbons (Fsp3) is 1.00. The third-order valence-electron chi connectivity index (χ3n) is 3.05. The fourth-order valence-electron chi connectivity index (χ4n) is 1.77. The van der Waals surface area contributed by atoms with Crippen LogP contribution in [0.25, 0.3) is 0 Å². The van der Waals surface area contributed by atoms with Gasteiger partial charge in [-0.25, -0.2) is 0 Å². The molecule has 0 amide bonds. The van der Waals surface area contributed by atoms with E-state index in [0.717, 1.165) is 37.6 Å². The monoisotopic (exact) mass is 260 g/mol. The Labute approximate surface area is 109 Å². The van der Waals surface area contributed by atoms with E-state index in [4.69, 9.17) is 8.85 Å². The number of rotatable bonds is 10. The van der Waals surface area contributed by atoms with Gasteiger partial charge in [0, 0.05) is 13.2 Å². The first-order valence-electron chi connectivity index (χ1n) is 7.23. The van der Waals surface area contributed by atoms with E-state index in [-0.39, 0.29) is 0 Å². The molecule has 2 nitrogen and oxygen atoms in total. The molecule has 3 heteroatoms. The molecule has 0 saturated carbocycles. The first-order valence-corrected chi connectivity index (χ1v) is 9.46. The molecule has 0 aromatic rings. The standard InChI is InChI=1S/C14H32O2Si/c1-7-17(8-2,16-12-14(5)6)15-11-9-10-13(3)4/h13-14H,7-12H2,1-6H3. The van der Waals surface area contributed by atoms with E-state index in [9.17, 15) is 0 Å². The average Bonchev–Trinajstić information content (AvgIpc) is 2.28. The minimum absolute atomic E-state index is 0.597. The Morgan fingerprint density at radius 1 is 0.882 bits per heavy atom. The normalized spacial score (nSPS) is 12.7. The van der Waals surface area contributed by atoms with Gasteiger partial charge in [-0.2, -0.15) is 0 Å². The molecule has 0 rings (SSSR count). The van der Waals surface area contributed by atoms with Gasteiger partial charge in [0.15, 0.2) is 0 Å². The lowest BCUT2D eigenvalue weighted by atomic mass is 10.1. The molecular formula is C14H32O2Si. The van der Waals surface area contributed by atoms with Crippen molar-refractivity contribution < 1.29 is 8.85 Å². The number of hydrogen-bond acceptors (Lipinski definition) is 2. The van der Waals surface area contributed by atoms with Crippen molar-refractivity contribution in [2.24, 2.45) is 11.8 Å². The maximum absolute atomic E-state index is 6.15. The summed E-state index contributed by atoms with van der Waals surface area (Å²) in [5.74, 6) is 1.37. The lowest BCUT2D eigenvalue weighted by Crippen LogP contribution is -2.42. The lowest BCUT2D eigenvalue weighted by molar-refractivity contribution is 0.149. The second-order valence-corrected chi connectivity index (χ2v) is 9.52. The van der Waals surface area contributed by atoms with Crippen LogP contribution in [0.4, 0.5) is 0 Å². The third kappa shape index (κ3) is 7.95. The highest BCUT2D eigenvalue weighted by Gasteiger charge is 2.33. The summed E-state index contributed by atoms with van der Waals surface area (Å²) in [6.45, 7) is 15.1.